The van der Waals surface area contributed by atoms with E-state index in [1.54, 1.807) is 31.2 Å². The van der Waals surface area contributed by atoms with Crippen LogP contribution in [0, 0.1) is 0 Å². The summed E-state index contributed by atoms with van der Waals surface area (Å²) >= 11 is 0. The number of carbonyl (C=O) groups excluding carboxylic acids is 2. The average molecular weight is 386 g/mol. The second kappa shape index (κ2) is 7.96. The number of furan rings is 1. The number of carbonyl (C=O) groups is 2. The molecule has 0 spiro atoms. The van der Waals surface area contributed by atoms with E-state index in [4.69, 9.17) is 13.9 Å². The highest BCUT2D eigenvalue weighted by molar-refractivity contribution is 5.89. The van der Waals surface area contributed by atoms with Crippen molar-refractivity contribution in [3.8, 4) is 11.5 Å². The summed E-state index contributed by atoms with van der Waals surface area (Å²) in [6.07, 6.45) is 0.698. The van der Waals surface area contributed by atoms with Gasteiger partial charge in [-0.3, -0.25) is 9.59 Å². The van der Waals surface area contributed by atoms with Gasteiger partial charge in [0, 0.05) is 5.54 Å². The fourth-order valence-corrected chi connectivity index (χ4v) is 2.92. The molecular weight excluding hydrogens is 360 g/mol. The Labute approximate surface area is 164 Å². The molecule has 0 bridgehead atoms. The standard InChI is InChI=1S/C21H26N2O5/c1-14(19(24)22-21(2,3)4)23(12-15-8-7-11-26-15)20(25)18-13-27-16-9-5-6-10-17(16)28-18/h5-11,14,18H,12-13H2,1-4H3,(H,22,24)/t14-,18+/m1/s1. The molecule has 2 heterocycles. The first-order chi connectivity index (χ1) is 13.2. The Balaban J connectivity index is 1.80. The van der Waals surface area contributed by atoms with E-state index in [-0.39, 0.29) is 25.0 Å². The topological polar surface area (TPSA) is 81.0 Å². The van der Waals surface area contributed by atoms with E-state index >= 15 is 0 Å². The van der Waals surface area contributed by atoms with E-state index in [9.17, 15) is 9.59 Å². The number of amides is 2. The Kier molecular flexibility index (Phi) is 5.63. The summed E-state index contributed by atoms with van der Waals surface area (Å²) in [5, 5.41) is 2.92. The van der Waals surface area contributed by atoms with Crippen molar-refractivity contribution in [2.75, 3.05) is 6.61 Å². The molecule has 1 N–H and O–H groups in total. The SMILES string of the molecule is C[C@H](C(=O)NC(C)(C)C)N(Cc1ccco1)C(=O)[C@@H]1COc2ccccc2O1. The Morgan fingerprint density at radius 2 is 1.89 bits per heavy atom. The lowest BCUT2D eigenvalue weighted by Gasteiger charge is -2.34. The summed E-state index contributed by atoms with van der Waals surface area (Å²) in [5.41, 5.74) is -0.409. The largest absolute Gasteiger partial charge is 0.485 e. The van der Waals surface area contributed by atoms with Gasteiger partial charge in [-0.25, -0.2) is 0 Å². The highest BCUT2D eigenvalue weighted by Crippen LogP contribution is 2.31. The van der Waals surface area contributed by atoms with Gasteiger partial charge in [0.1, 0.15) is 18.4 Å². The van der Waals surface area contributed by atoms with Crippen molar-refractivity contribution < 1.29 is 23.5 Å². The minimum Gasteiger partial charge on any atom is -0.485 e. The summed E-state index contributed by atoms with van der Waals surface area (Å²) in [6, 6.07) is 9.99. The van der Waals surface area contributed by atoms with Gasteiger partial charge in [-0.2, -0.15) is 0 Å². The predicted octanol–water partition coefficient (Wildman–Crippen LogP) is 2.75. The first-order valence-electron chi connectivity index (χ1n) is 9.28. The minimum atomic E-state index is -0.838. The maximum atomic E-state index is 13.2. The van der Waals surface area contributed by atoms with Crippen LogP contribution in [-0.4, -0.2) is 41.0 Å². The quantitative estimate of drug-likeness (QED) is 0.855. The molecule has 2 aromatic rings. The van der Waals surface area contributed by atoms with Gasteiger partial charge in [0.2, 0.25) is 12.0 Å². The third-order valence-electron chi connectivity index (χ3n) is 4.32. The number of ether oxygens (including phenoxy) is 2. The van der Waals surface area contributed by atoms with E-state index in [1.165, 1.54) is 11.2 Å². The normalized spacial score (nSPS) is 16.9. The molecule has 28 heavy (non-hydrogen) atoms. The van der Waals surface area contributed by atoms with Crippen molar-refractivity contribution in [2.24, 2.45) is 0 Å². The monoisotopic (exact) mass is 386 g/mol. The van der Waals surface area contributed by atoms with Crippen LogP contribution < -0.4 is 14.8 Å². The molecule has 2 atom stereocenters. The van der Waals surface area contributed by atoms with Gasteiger partial charge in [0.05, 0.1) is 12.8 Å². The second-order valence-corrected chi connectivity index (χ2v) is 7.82. The van der Waals surface area contributed by atoms with Crippen LogP contribution in [0.4, 0.5) is 0 Å². The Bertz CT molecular complexity index is 826. The molecule has 7 nitrogen and oxygen atoms in total. The third-order valence-corrected chi connectivity index (χ3v) is 4.32. The molecule has 1 aliphatic heterocycles. The molecule has 0 saturated heterocycles. The van der Waals surface area contributed by atoms with Crippen molar-refractivity contribution in [1.29, 1.82) is 0 Å². The number of hydrogen-bond donors (Lipinski definition) is 1. The molecule has 0 fully saturated rings. The second-order valence-electron chi connectivity index (χ2n) is 7.82. The number of hydrogen-bond acceptors (Lipinski definition) is 5. The maximum absolute atomic E-state index is 13.2. The van der Waals surface area contributed by atoms with Crippen molar-refractivity contribution in [3.63, 3.8) is 0 Å². The fourth-order valence-electron chi connectivity index (χ4n) is 2.92. The van der Waals surface area contributed by atoms with Crippen LogP contribution in [0.1, 0.15) is 33.5 Å². The van der Waals surface area contributed by atoms with Crippen molar-refractivity contribution in [2.45, 2.75) is 51.9 Å². The first kappa shape index (κ1) is 19.8. The molecule has 1 aromatic carbocycles. The Hall–Kier alpha value is -2.96. The van der Waals surface area contributed by atoms with Crippen LogP contribution in [0.2, 0.25) is 0 Å². The highest BCUT2D eigenvalue weighted by atomic mass is 16.6. The zero-order chi connectivity index (χ0) is 20.3. The van der Waals surface area contributed by atoms with Crippen LogP contribution in [0.25, 0.3) is 0 Å². The van der Waals surface area contributed by atoms with Crippen LogP contribution in [0.3, 0.4) is 0 Å². The predicted molar refractivity (Wildman–Crippen MR) is 103 cm³/mol. The smallest absolute Gasteiger partial charge is 0.268 e. The molecule has 0 unspecified atom stereocenters. The lowest BCUT2D eigenvalue weighted by molar-refractivity contribution is -0.149. The third kappa shape index (κ3) is 4.65. The molecule has 1 aliphatic rings. The van der Waals surface area contributed by atoms with Gasteiger partial charge in [-0.05, 0) is 52.0 Å². The first-order valence-corrected chi connectivity index (χ1v) is 9.28. The van der Waals surface area contributed by atoms with E-state index in [2.05, 4.69) is 5.32 Å². The molecular formula is C21H26N2O5. The molecule has 7 heteroatoms. The summed E-state index contributed by atoms with van der Waals surface area (Å²) in [5.74, 6) is 1.12. The molecule has 0 aliphatic carbocycles. The average Bonchev–Trinajstić information content (AvgIpc) is 3.16. The highest BCUT2D eigenvalue weighted by Gasteiger charge is 2.36. The van der Waals surface area contributed by atoms with E-state index in [0.717, 1.165) is 0 Å². The van der Waals surface area contributed by atoms with Crippen LogP contribution in [0.5, 0.6) is 11.5 Å². The van der Waals surface area contributed by atoms with E-state index < -0.39 is 17.7 Å². The van der Waals surface area contributed by atoms with Gasteiger partial charge >= 0.3 is 0 Å². The number of nitrogens with zero attached hydrogens (tertiary/aromatic N) is 1. The van der Waals surface area contributed by atoms with Gasteiger partial charge in [-0.1, -0.05) is 12.1 Å². The van der Waals surface area contributed by atoms with Crippen LogP contribution in [-0.2, 0) is 16.1 Å². The number of nitrogens with one attached hydrogen (secondary N) is 1. The van der Waals surface area contributed by atoms with Gasteiger partial charge in [0.25, 0.3) is 5.91 Å². The molecule has 0 saturated carbocycles. The molecule has 1 aromatic heterocycles. The van der Waals surface area contributed by atoms with Gasteiger partial charge < -0.3 is 24.1 Å². The Morgan fingerprint density at radius 3 is 2.54 bits per heavy atom. The zero-order valence-electron chi connectivity index (χ0n) is 16.6. The van der Waals surface area contributed by atoms with Gasteiger partial charge in [0.15, 0.2) is 11.5 Å². The summed E-state index contributed by atoms with van der Waals surface area (Å²) in [4.78, 5) is 27.4. The van der Waals surface area contributed by atoms with Gasteiger partial charge in [-0.15, -0.1) is 0 Å². The van der Waals surface area contributed by atoms with Crippen LogP contribution >= 0.6 is 0 Å². The van der Waals surface area contributed by atoms with E-state index in [1.807, 2.05) is 32.9 Å². The lowest BCUT2D eigenvalue weighted by atomic mass is 10.1. The summed E-state index contributed by atoms with van der Waals surface area (Å²) < 4.78 is 16.9. The number of rotatable bonds is 5. The molecule has 0 radical (unpaired) electrons. The summed E-state index contributed by atoms with van der Waals surface area (Å²) in [7, 11) is 0. The molecule has 3 rings (SSSR count). The van der Waals surface area contributed by atoms with Crippen molar-refractivity contribution in [1.82, 2.24) is 10.2 Å². The molecule has 2 amide bonds. The fraction of sp³-hybridized carbons (Fsp3) is 0.429. The minimum absolute atomic E-state index is 0.0815. The zero-order valence-corrected chi connectivity index (χ0v) is 16.6. The van der Waals surface area contributed by atoms with Crippen molar-refractivity contribution >= 4 is 11.8 Å². The lowest BCUT2D eigenvalue weighted by Crippen LogP contribution is -2.55. The number of fused-ring (bicyclic) bond motifs is 1. The number of para-hydroxylation sites is 2. The Morgan fingerprint density at radius 1 is 1.18 bits per heavy atom. The number of benzene rings is 1. The van der Waals surface area contributed by atoms with Crippen LogP contribution in [0.15, 0.2) is 47.1 Å². The maximum Gasteiger partial charge on any atom is 0.268 e. The summed E-state index contributed by atoms with van der Waals surface area (Å²) in [6.45, 7) is 7.62. The van der Waals surface area contributed by atoms with E-state index in [0.29, 0.717) is 17.3 Å². The van der Waals surface area contributed by atoms with Crippen molar-refractivity contribution in [3.05, 3.63) is 48.4 Å². The molecule has 150 valence electrons.